The summed E-state index contributed by atoms with van der Waals surface area (Å²) >= 11 is 0. The minimum absolute atomic E-state index is 0. The molecule has 0 amide bonds. The predicted octanol–water partition coefficient (Wildman–Crippen LogP) is 2.87. The van der Waals surface area contributed by atoms with E-state index in [9.17, 15) is 0 Å². The Morgan fingerprint density at radius 3 is 3.00 bits per heavy atom. The van der Waals surface area contributed by atoms with Crippen molar-refractivity contribution in [2.24, 2.45) is 10.9 Å². The van der Waals surface area contributed by atoms with Crippen LogP contribution in [0.2, 0.25) is 0 Å². The molecule has 5 nitrogen and oxygen atoms in total. The Bertz CT molecular complexity index is 664. The van der Waals surface area contributed by atoms with Crippen molar-refractivity contribution in [3.63, 3.8) is 0 Å². The summed E-state index contributed by atoms with van der Waals surface area (Å²) in [6, 6.07) is 8.43. The first-order valence-corrected chi connectivity index (χ1v) is 8.32. The van der Waals surface area contributed by atoms with Gasteiger partial charge >= 0.3 is 0 Å². The third-order valence-electron chi connectivity index (χ3n) is 4.48. The molecule has 1 atom stereocenters. The predicted molar refractivity (Wildman–Crippen MR) is 110 cm³/mol. The van der Waals surface area contributed by atoms with E-state index in [0.29, 0.717) is 5.92 Å². The van der Waals surface area contributed by atoms with Crippen LogP contribution < -0.4 is 5.32 Å². The van der Waals surface area contributed by atoms with Crippen LogP contribution in [0.15, 0.2) is 35.5 Å². The number of H-pyrrole nitrogens is 1. The van der Waals surface area contributed by atoms with Crippen LogP contribution in [0, 0.1) is 5.92 Å². The van der Waals surface area contributed by atoms with E-state index in [1.54, 1.807) is 0 Å². The lowest BCUT2D eigenvalue weighted by Gasteiger charge is -2.24. The average molecular weight is 442 g/mol. The van der Waals surface area contributed by atoms with Crippen LogP contribution in [0.5, 0.6) is 0 Å². The molecular formula is C18H27IN4O. The molecule has 0 radical (unpaired) electrons. The summed E-state index contributed by atoms with van der Waals surface area (Å²) in [7, 11) is 3.94. The quantitative estimate of drug-likeness (QED) is 0.426. The molecule has 2 aromatic rings. The zero-order valence-corrected chi connectivity index (χ0v) is 16.7. The number of ether oxygens (including phenoxy) is 1. The highest BCUT2D eigenvalue weighted by Crippen LogP contribution is 2.17. The first kappa shape index (κ1) is 19.1. The Labute approximate surface area is 160 Å². The molecular weight excluding hydrogens is 415 g/mol. The molecule has 1 fully saturated rings. The number of aromatic amines is 1. The van der Waals surface area contributed by atoms with E-state index in [0.717, 1.165) is 45.1 Å². The SMILES string of the molecule is CN=C(NCCc1c[nH]c2ccccc12)N(C)CC1CCOC1.I. The molecule has 1 unspecified atom stereocenters. The standard InChI is InChI=1S/C18H26N4O.HI/c1-19-18(22(2)12-14-8-10-23-13-14)20-9-7-15-11-21-17-6-4-3-5-16(15)17;/h3-6,11,14,21H,7-10,12-13H2,1-2H3,(H,19,20);1H. The summed E-state index contributed by atoms with van der Waals surface area (Å²) in [4.78, 5) is 9.93. The van der Waals surface area contributed by atoms with Crippen LogP contribution in [0.1, 0.15) is 12.0 Å². The lowest BCUT2D eigenvalue weighted by molar-refractivity contribution is 0.181. The maximum Gasteiger partial charge on any atom is 0.193 e. The maximum atomic E-state index is 5.45. The molecule has 1 aromatic carbocycles. The summed E-state index contributed by atoms with van der Waals surface area (Å²) in [6.07, 6.45) is 4.23. The number of para-hydroxylation sites is 1. The molecule has 3 rings (SSSR count). The minimum Gasteiger partial charge on any atom is -0.381 e. The van der Waals surface area contributed by atoms with Crippen molar-refractivity contribution in [1.82, 2.24) is 15.2 Å². The van der Waals surface area contributed by atoms with Gasteiger partial charge in [-0.25, -0.2) is 0 Å². The monoisotopic (exact) mass is 442 g/mol. The van der Waals surface area contributed by atoms with Crippen LogP contribution in [0.25, 0.3) is 10.9 Å². The van der Waals surface area contributed by atoms with Crippen molar-refractivity contribution in [3.8, 4) is 0 Å². The number of hydrogen-bond donors (Lipinski definition) is 2. The van der Waals surface area contributed by atoms with Gasteiger partial charge in [-0.15, -0.1) is 24.0 Å². The van der Waals surface area contributed by atoms with E-state index in [-0.39, 0.29) is 24.0 Å². The fourth-order valence-corrected chi connectivity index (χ4v) is 3.23. The van der Waals surface area contributed by atoms with Crippen molar-refractivity contribution in [3.05, 3.63) is 36.0 Å². The van der Waals surface area contributed by atoms with Crippen LogP contribution in [0.3, 0.4) is 0 Å². The number of benzene rings is 1. The van der Waals surface area contributed by atoms with E-state index in [2.05, 4.69) is 57.7 Å². The zero-order chi connectivity index (χ0) is 16.1. The lowest BCUT2D eigenvalue weighted by atomic mass is 10.1. The number of halogens is 1. The Hall–Kier alpha value is -1.28. The molecule has 0 saturated carbocycles. The largest absolute Gasteiger partial charge is 0.381 e. The number of aromatic nitrogens is 1. The van der Waals surface area contributed by atoms with Crippen LogP contribution in [-0.4, -0.2) is 56.2 Å². The van der Waals surface area contributed by atoms with Gasteiger partial charge in [0.2, 0.25) is 0 Å². The fraction of sp³-hybridized carbons (Fsp3) is 0.500. The maximum absolute atomic E-state index is 5.45. The molecule has 0 spiro atoms. The van der Waals surface area contributed by atoms with Crippen LogP contribution in [-0.2, 0) is 11.2 Å². The molecule has 1 aromatic heterocycles. The van der Waals surface area contributed by atoms with Gasteiger partial charge in [0.15, 0.2) is 5.96 Å². The van der Waals surface area contributed by atoms with Crippen molar-refractivity contribution >= 4 is 40.8 Å². The first-order chi connectivity index (χ1) is 11.3. The van der Waals surface area contributed by atoms with E-state index >= 15 is 0 Å². The molecule has 2 N–H and O–H groups in total. The summed E-state index contributed by atoms with van der Waals surface area (Å²) in [6.45, 7) is 3.63. The highest BCUT2D eigenvalue weighted by atomic mass is 127. The third-order valence-corrected chi connectivity index (χ3v) is 4.48. The summed E-state index contributed by atoms with van der Waals surface area (Å²) in [5.41, 5.74) is 2.54. The van der Waals surface area contributed by atoms with Crippen LogP contribution >= 0.6 is 24.0 Å². The number of aliphatic imine (C=N–C) groups is 1. The normalized spacial score (nSPS) is 17.8. The number of nitrogens with zero attached hydrogens (tertiary/aromatic N) is 2. The highest BCUT2D eigenvalue weighted by Gasteiger charge is 2.18. The smallest absolute Gasteiger partial charge is 0.193 e. The van der Waals surface area contributed by atoms with Gasteiger partial charge in [-0.3, -0.25) is 4.99 Å². The Morgan fingerprint density at radius 1 is 1.42 bits per heavy atom. The third kappa shape index (κ3) is 4.63. The lowest BCUT2D eigenvalue weighted by Crippen LogP contribution is -2.42. The van der Waals surface area contributed by atoms with Gasteiger partial charge < -0.3 is 19.9 Å². The topological polar surface area (TPSA) is 52.7 Å². The second-order valence-electron chi connectivity index (χ2n) is 6.19. The second kappa shape index (κ2) is 9.27. The van der Waals surface area contributed by atoms with Gasteiger partial charge in [0, 0.05) is 56.8 Å². The van der Waals surface area contributed by atoms with Crippen molar-refractivity contribution in [2.45, 2.75) is 12.8 Å². The molecule has 24 heavy (non-hydrogen) atoms. The Morgan fingerprint density at radius 2 is 2.25 bits per heavy atom. The minimum atomic E-state index is 0. The number of hydrogen-bond acceptors (Lipinski definition) is 2. The molecule has 0 aliphatic carbocycles. The summed E-state index contributed by atoms with van der Waals surface area (Å²) in [5.74, 6) is 1.57. The van der Waals surface area contributed by atoms with Crippen molar-refractivity contribution < 1.29 is 4.74 Å². The Kier molecular flexibility index (Phi) is 7.36. The molecule has 0 bridgehead atoms. The van der Waals surface area contributed by atoms with Crippen molar-refractivity contribution in [1.29, 1.82) is 0 Å². The Balaban J connectivity index is 0.00000208. The molecule has 132 valence electrons. The zero-order valence-electron chi connectivity index (χ0n) is 14.4. The van der Waals surface area contributed by atoms with Gasteiger partial charge in [0.05, 0.1) is 6.61 Å². The van der Waals surface area contributed by atoms with Gasteiger partial charge in [0.25, 0.3) is 0 Å². The van der Waals surface area contributed by atoms with Crippen LogP contribution in [0.4, 0.5) is 0 Å². The van der Waals surface area contributed by atoms with Gasteiger partial charge in [0.1, 0.15) is 0 Å². The van der Waals surface area contributed by atoms with E-state index in [4.69, 9.17) is 4.74 Å². The molecule has 1 aliphatic rings. The fourth-order valence-electron chi connectivity index (χ4n) is 3.23. The van der Waals surface area contributed by atoms with E-state index < -0.39 is 0 Å². The highest BCUT2D eigenvalue weighted by molar-refractivity contribution is 14.0. The molecule has 1 aliphatic heterocycles. The number of guanidine groups is 1. The molecule has 2 heterocycles. The van der Waals surface area contributed by atoms with Crippen molar-refractivity contribution in [2.75, 3.05) is 40.4 Å². The molecule has 6 heteroatoms. The summed E-state index contributed by atoms with van der Waals surface area (Å²) < 4.78 is 5.45. The second-order valence-corrected chi connectivity index (χ2v) is 6.19. The van der Waals surface area contributed by atoms with E-state index in [1.807, 2.05) is 7.05 Å². The number of nitrogens with one attached hydrogen (secondary N) is 2. The van der Waals surface area contributed by atoms with Gasteiger partial charge in [-0.05, 0) is 24.5 Å². The van der Waals surface area contributed by atoms with Gasteiger partial charge in [-0.2, -0.15) is 0 Å². The average Bonchev–Trinajstić information content (AvgIpc) is 3.21. The molecule has 1 saturated heterocycles. The number of fused-ring (bicyclic) bond motifs is 1. The van der Waals surface area contributed by atoms with E-state index in [1.165, 1.54) is 16.5 Å². The summed E-state index contributed by atoms with van der Waals surface area (Å²) in [5, 5.41) is 4.77. The van der Waals surface area contributed by atoms with Gasteiger partial charge in [-0.1, -0.05) is 18.2 Å². The first-order valence-electron chi connectivity index (χ1n) is 8.32. The number of rotatable bonds is 5.